The first kappa shape index (κ1) is 14.2. The van der Waals surface area contributed by atoms with Crippen molar-refractivity contribution >= 4 is 27.3 Å². The van der Waals surface area contributed by atoms with Crippen molar-refractivity contribution in [2.24, 2.45) is 0 Å². The smallest absolute Gasteiger partial charge is 0.0325 e. The van der Waals surface area contributed by atoms with Crippen LogP contribution in [-0.4, -0.2) is 31.6 Å². The van der Waals surface area contributed by atoms with Crippen molar-refractivity contribution in [3.8, 4) is 0 Å². The molecular formula is C12H21BrN2S. The second-order valence-corrected chi connectivity index (χ2v) is 5.98. The molecule has 0 spiro atoms. The fourth-order valence-electron chi connectivity index (χ4n) is 1.48. The molecule has 1 aromatic rings. The molecule has 1 heterocycles. The molecule has 0 saturated carbocycles. The van der Waals surface area contributed by atoms with Gasteiger partial charge in [-0.15, -0.1) is 11.3 Å². The standard InChI is InChI=1S/C12H21BrN2S/c1-3-4-5-14-6-7-15(2)9-12-8-11(13)10-16-12/h8,10,14H,3-7,9H2,1-2H3. The zero-order valence-electron chi connectivity index (χ0n) is 10.1. The predicted molar refractivity (Wildman–Crippen MR) is 76.1 cm³/mol. The van der Waals surface area contributed by atoms with Crippen LogP contribution in [0.3, 0.4) is 0 Å². The van der Waals surface area contributed by atoms with E-state index >= 15 is 0 Å². The van der Waals surface area contributed by atoms with Crippen LogP contribution in [0.2, 0.25) is 0 Å². The van der Waals surface area contributed by atoms with Crippen LogP contribution in [-0.2, 0) is 6.54 Å². The number of likely N-dealkylation sites (N-methyl/N-ethyl adjacent to an activating group) is 1. The Morgan fingerprint density at radius 1 is 1.44 bits per heavy atom. The van der Waals surface area contributed by atoms with Gasteiger partial charge in [0.05, 0.1) is 0 Å². The maximum absolute atomic E-state index is 3.48. The minimum atomic E-state index is 1.05. The van der Waals surface area contributed by atoms with E-state index in [2.05, 4.69) is 51.6 Å². The monoisotopic (exact) mass is 304 g/mol. The fourth-order valence-corrected chi connectivity index (χ4v) is 3.01. The summed E-state index contributed by atoms with van der Waals surface area (Å²) >= 11 is 5.30. The quantitative estimate of drug-likeness (QED) is 0.741. The Labute approximate surface area is 111 Å². The molecule has 0 saturated heterocycles. The number of unbranched alkanes of at least 4 members (excludes halogenated alkanes) is 1. The van der Waals surface area contributed by atoms with Crippen LogP contribution in [0, 0.1) is 0 Å². The molecule has 0 fully saturated rings. The topological polar surface area (TPSA) is 15.3 Å². The summed E-state index contributed by atoms with van der Waals surface area (Å²) in [6.45, 7) is 6.62. The van der Waals surface area contributed by atoms with E-state index in [1.807, 2.05) is 11.3 Å². The van der Waals surface area contributed by atoms with Gasteiger partial charge in [-0.25, -0.2) is 0 Å². The second-order valence-electron chi connectivity index (χ2n) is 4.07. The maximum atomic E-state index is 3.48. The molecule has 1 aromatic heterocycles. The summed E-state index contributed by atoms with van der Waals surface area (Å²) < 4.78 is 1.20. The van der Waals surface area contributed by atoms with E-state index in [-0.39, 0.29) is 0 Å². The van der Waals surface area contributed by atoms with Gasteiger partial charge in [0, 0.05) is 34.4 Å². The third-order valence-corrected chi connectivity index (χ3v) is 4.11. The van der Waals surface area contributed by atoms with Crippen molar-refractivity contribution in [3.63, 3.8) is 0 Å². The first-order valence-electron chi connectivity index (χ1n) is 5.84. The molecule has 0 amide bonds. The average Bonchev–Trinajstić information content (AvgIpc) is 2.63. The largest absolute Gasteiger partial charge is 0.315 e. The molecule has 0 aliphatic heterocycles. The van der Waals surface area contributed by atoms with Gasteiger partial charge in [-0.05, 0) is 42.0 Å². The average molecular weight is 305 g/mol. The summed E-state index contributed by atoms with van der Waals surface area (Å²) in [5, 5.41) is 5.60. The van der Waals surface area contributed by atoms with Crippen molar-refractivity contribution < 1.29 is 0 Å². The van der Waals surface area contributed by atoms with Crippen LogP contribution in [0.1, 0.15) is 24.6 Å². The van der Waals surface area contributed by atoms with Crippen LogP contribution < -0.4 is 5.32 Å². The van der Waals surface area contributed by atoms with Gasteiger partial charge < -0.3 is 10.2 Å². The Morgan fingerprint density at radius 2 is 2.25 bits per heavy atom. The molecule has 0 unspecified atom stereocenters. The van der Waals surface area contributed by atoms with Gasteiger partial charge in [-0.1, -0.05) is 13.3 Å². The Balaban J connectivity index is 2.09. The van der Waals surface area contributed by atoms with Gasteiger partial charge >= 0.3 is 0 Å². The zero-order valence-corrected chi connectivity index (χ0v) is 12.5. The molecule has 0 atom stereocenters. The summed E-state index contributed by atoms with van der Waals surface area (Å²) in [5.74, 6) is 0. The molecule has 92 valence electrons. The van der Waals surface area contributed by atoms with Gasteiger partial charge in [0.15, 0.2) is 0 Å². The normalized spacial score (nSPS) is 11.2. The van der Waals surface area contributed by atoms with Crippen molar-refractivity contribution in [2.45, 2.75) is 26.3 Å². The molecule has 0 aliphatic carbocycles. The van der Waals surface area contributed by atoms with E-state index in [9.17, 15) is 0 Å². The summed E-state index contributed by atoms with van der Waals surface area (Å²) in [6, 6.07) is 2.20. The van der Waals surface area contributed by atoms with Gasteiger partial charge in [-0.3, -0.25) is 0 Å². The van der Waals surface area contributed by atoms with Crippen LogP contribution in [0.4, 0.5) is 0 Å². The van der Waals surface area contributed by atoms with Gasteiger partial charge in [0.25, 0.3) is 0 Å². The highest BCUT2D eigenvalue weighted by Crippen LogP contribution is 2.20. The lowest BCUT2D eigenvalue weighted by Crippen LogP contribution is -2.29. The number of nitrogens with one attached hydrogen (secondary N) is 1. The fraction of sp³-hybridized carbons (Fsp3) is 0.667. The van der Waals surface area contributed by atoms with Crippen molar-refractivity contribution in [2.75, 3.05) is 26.7 Å². The molecule has 2 nitrogen and oxygen atoms in total. The van der Waals surface area contributed by atoms with Crippen LogP contribution in [0.15, 0.2) is 15.9 Å². The first-order chi connectivity index (χ1) is 7.72. The highest BCUT2D eigenvalue weighted by atomic mass is 79.9. The second kappa shape index (κ2) is 8.23. The van der Waals surface area contributed by atoms with Gasteiger partial charge in [0.1, 0.15) is 0 Å². The zero-order chi connectivity index (χ0) is 11.8. The number of nitrogens with zero attached hydrogens (tertiary/aromatic N) is 1. The van der Waals surface area contributed by atoms with Crippen LogP contribution in [0.5, 0.6) is 0 Å². The number of hydrogen-bond donors (Lipinski definition) is 1. The Kier molecular flexibility index (Phi) is 7.28. The van der Waals surface area contributed by atoms with Crippen molar-refractivity contribution in [1.29, 1.82) is 0 Å². The van der Waals surface area contributed by atoms with Crippen molar-refractivity contribution in [3.05, 3.63) is 20.8 Å². The molecule has 16 heavy (non-hydrogen) atoms. The Hall–Kier alpha value is 0.1000. The molecule has 0 bridgehead atoms. The Bertz CT molecular complexity index is 288. The predicted octanol–water partition coefficient (Wildman–Crippen LogP) is 3.33. The molecular weight excluding hydrogens is 284 g/mol. The highest BCUT2D eigenvalue weighted by Gasteiger charge is 2.02. The van der Waals surface area contributed by atoms with Crippen molar-refractivity contribution in [1.82, 2.24) is 10.2 Å². The summed E-state index contributed by atoms with van der Waals surface area (Å²) in [5.41, 5.74) is 0. The molecule has 4 heteroatoms. The number of hydrogen-bond acceptors (Lipinski definition) is 3. The summed E-state index contributed by atoms with van der Waals surface area (Å²) in [4.78, 5) is 3.78. The van der Waals surface area contributed by atoms with E-state index in [1.165, 1.54) is 22.2 Å². The number of rotatable bonds is 8. The lowest BCUT2D eigenvalue weighted by molar-refractivity contribution is 0.327. The molecule has 1 rings (SSSR count). The molecule has 0 aromatic carbocycles. The van der Waals surface area contributed by atoms with Crippen LogP contribution >= 0.6 is 27.3 Å². The lowest BCUT2D eigenvalue weighted by Gasteiger charge is -2.15. The van der Waals surface area contributed by atoms with Gasteiger partial charge in [-0.2, -0.15) is 0 Å². The van der Waals surface area contributed by atoms with E-state index in [0.29, 0.717) is 0 Å². The van der Waals surface area contributed by atoms with Crippen LogP contribution in [0.25, 0.3) is 0 Å². The van der Waals surface area contributed by atoms with Gasteiger partial charge in [0.2, 0.25) is 0 Å². The number of thiophene rings is 1. The summed E-state index contributed by atoms with van der Waals surface area (Å²) in [7, 11) is 2.18. The first-order valence-corrected chi connectivity index (χ1v) is 7.51. The molecule has 1 N–H and O–H groups in total. The third kappa shape index (κ3) is 5.99. The van der Waals surface area contributed by atoms with E-state index in [1.54, 1.807) is 0 Å². The van der Waals surface area contributed by atoms with E-state index < -0.39 is 0 Å². The minimum Gasteiger partial charge on any atom is -0.315 e. The number of halogens is 1. The Morgan fingerprint density at radius 3 is 2.88 bits per heavy atom. The maximum Gasteiger partial charge on any atom is 0.0325 e. The molecule has 0 radical (unpaired) electrons. The van der Waals surface area contributed by atoms with E-state index in [4.69, 9.17) is 0 Å². The van der Waals surface area contributed by atoms with E-state index in [0.717, 1.165) is 26.2 Å². The SMILES string of the molecule is CCCCNCCN(C)Cc1cc(Br)cs1. The molecule has 0 aliphatic rings. The highest BCUT2D eigenvalue weighted by molar-refractivity contribution is 9.10. The summed E-state index contributed by atoms with van der Waals surface area (Å²) in [6.07, 6.45) is 2.55. The minimum absolute atomic E-state index is 1.05. The lowest BCUT2D eigenvalue weighted by atomic mass is 10.3. The third-order valence-electron chi connectivity index (χ3n) is 2.42.